The van der Waals surface area contributed by atoms with E-state index in [0.717, 1.165) is 43.4 Å². The number of alkyl halides is 3. The summed E-state index contributed by atoms with van der Waals surface area (Å²) in [6, 6.07) is 8.23. The largest absolute Gasteiger partial charge is 0.497 e. The topological polar surface area (TPSA) is 96.7 Å². The van der Waals surface area contributed by atoms with Crippen molar-refractivity contribution in [2.45, 2.75) is 51.6 Å². The number of nitrogens with one attached hydrogen (secondary N) is 1. The molecule has 1 aliphatic carbocycles. The molecule has 33 heavy (non-hydrogen) atoms. The van der Waals surface area contributed by atoms with Gasteiger partial charge in [0.15, 0.2) is 0 Å². The summed E-state index contributed by atoms with van der Waals surface area (Å²) in [7, 11) is 1.69. The van der Waals surface area contributed by atoms with E-state index in [-0.39, 0.29) is 5.91 Å². The minimum atomic E-state index is -5.08. The van der Waals surface area contributed by atoms with Crippen molar-refractivity contribution in [3.63, 3.8) is 0 Å². The maximum absolute atomic E-state index is 11.8. The number of aromatic nitrogens is 2. The zero-order valence-electron chi connectivity index (χ0n) is 18.3. The van der Waals surface area contributed by atoms with Crippen LogP contribution in [-0.2, 0) is 35.8 Å². The summed E-state index contributed by atoms with van der Waals surface area (Å²) in [6.07, 6.45) is 0.0765. The Labute approximate surface area is 189 Å². The standard InChI is InChI=1S/C20H26N4O2.C2HF3O2/c1-26-18-6-4-16(5-7-18)12-23-8-9-24-13-17(22-19(24)14-23)11-21-20(25)10-15-2-3-15;3-2(4,5)1(6)7/h4-7,13,15H,2-3,8-12,14H2,1H3,(H,21,25);(H,6,7). The molecule has 1 aliphatic heterocycles. The normalized spacial score (nSPS) is 15.8. The Kier molecular flexibility index (Phi) is 7.96. The lowest BCUT2D eigenvalue weighted by Crippen LogP contribution is -2.33. The molecule has 2 N–H and O–H groups in total. The van der Waals surface area contributed by atoms with Gasteiger partial charge in [0.05, 0.1) is 25.9 Å². The molecule has 2 heterocycles. The highest BCUT2D eigenvalue weighted by atomic mass is 19.4. The highest BCUT2D eigenvalue weighted by molar-refractivity contribution is 5.76. The molecular formula is C22H27F3N4O4. The van der Waals surface area contributed by atoms with E-state index in [9.17, 15) is 18.0 Å². The van der Waals surface area contributed by atoms with Crippen LogP contribution >= 0.6 is 0 Å². The first kappa shape index (κ1) is 24.6. The van der Waals surface area contributed by atoms with E-state index in [4.69, 9.17) is 19.6 Å². The van der Waals surface area contributed by atoms with Gasteiger partial charge in [0.1, 0.15) is 11.6 Å². The molecule has 0 atom stereocenters. The van der Waals surface area contributed by atoms with Gasteiger partial charge in [0, 0.05) is 32.3 Å². The zero-order chi connectivity index (χ0) is 24.0. The highest BCUT2D eigenvalue weighted by Gasteiger charge is 2.38. The van der Waals surface area contributed by atoms with Crippen molar-refractivity contribution in [2.24, 2.45) is 5.92 Å². The Balaban J connectivity index is 0.000000383. The number of carbonyl (C=O) groups excluding carboxylic acids is 1. The highest BCUT2D eigenvalue weighted by Crippen LogP contribution is 2.32. The monoisotopic (exact) mass is 468 g/mol. The second kappa shape index (κ2) is 10.7. The number of hydrogen-bond acceptors (Lipinski definition) is 5. The van der Waals surface area contributed by atoms with Crippen molar-refractivity contribution in [3.05, 3.63) is 47.5 Å². The van der Waals surface area contributed by atoms with Crippen molar-refractivity contribution >= 4 is 11.9 Å². The first-order valence-corrected chi connectivity index (χ1v) is 10.6. The fraction of sp³-hybridized carbons (Fsp3) is 0.500. The van der Waals surface area contributed by atoms with Gasteiger partial charge < -0.3 is 19.7 Å². The van der Waals surface area contributed by atoms with Gasteiger partial charge in [-0.1, -0.05) is 12.1 Å². The van der Waals surface area contributed by atoms with Gasteiger partial charge in [0.2, 0.25) is 5.91 Å². The first-order valence-electron chi connectivity index (χ1n) is 10.6. The van der Waals surface area contributed by atoms with Crippen LogP contribution in [0.15, 0.2) is 30.5 Å². The third-order valence-electron chi connectivity index (χ3n) is 5.38. The molecule has 0 bridgehead atoms. The van der Waals surface area contributed by atoms with E-state index in [2.05, 4.69) is 33.1 Å². The lowest BCUT2D eigenvalue weighted by Gasteiger charge is -2.27. The molecule has 2 aliphatic rings. The number of aliphatic carboxylic acids is 1. The summed E-state index contributed by atoms with van der Waals surface area (Å²) in [4.78, 5) is 27.9. The second-order valence-electron chi connectivity index (χ2n) is 8.13. The number of methoxy groups -OCH3 is 1. The van der Waals surface area contributed by atoms with Gasteiger partial charge >= 0.3 is 12.1 Å². The van der Waals surface area contributed by atoms with Gasteiger partial charge in [-0.25, -0.2) is 9.78 Å². The number of rotatable bonds is 7. The van der Waals surface area contributed by atoms with E-state index < -0.39 is 12.1 Å². The van der Waals surface area contributed by atoms with E-state index in [1.54, 1.807) is 7.11 Å². The SMILES string of the molecule is COc1ccc(CN2CCn3cc(CNC(=O)CC4CC4)nc3C2)cc1.O=C(O)C(F)(F)F. The minimum Gasteiger partial charge on any atom is -0.497 e. The van der Waals surface area contributed by atoms with E-state index in [1.165, 1.54) is 18.4 Å². The number of ether oxygens (including phenoxy) is 1. The number of amides is 1. The quantitative estimate of drug-likeness (QED) is 0.649. The lowest BCUT2D eigenvalue weighted by atomic mass is 10.2. The summed E-state index contributed by atoms with van der Waals surface area (Å²) in [5.74, 6) is -0.0173. The molecule has 1 amide bonds. The summed E-state index contributed by atoms with van der Waals surface area (Å²) < 4.78 is 39.2. The smallest absolute Gasteiger partial charge is 0.490 e. The number of carboxylic acid groups (broad SMARTS) is 1. The van der Waals surface area contributed by atoms with Gasteiger partial charge in [-0.2, -0.15) is 13.2 Å². The predicted molar refractivity (Wildman–Crippen MR) is 112 cm³/mol. The third kappa shape index (κ3) is 7.77. The molecule has 1 saturated carbocycles. The van der Waals surface area contributed by atoms with Crippen LogP contribution in [0, 0.1) is 5.92 Å². The summed E-state index contributed by atoms with van der Waals surface area (Å²) in [5.41, 5.74) is 2.23. The molecule has 2 aromatic rings. The Morgan fingerprint density at radius 1 is 1.21 bits per heavy atom. The van der Waals surface area contributed by atoms with Crippen LogP contribution in [0.4, 0.5) is 13.2 Å². The minimum absolute atomic E-state index is 0.152. The molecule has 11 heteroatoms. The second-order valence-corrected chi connectivity index (χ2v) is 8.13. The molecule has 4 rings (SSSR count). The Bertz CT molecular complexity index is 956. The van der Waals surface area contributed by atoms with Gasteiger partial charge in [-0.3, -0.25) is 9.69 Å². The zero-order valence-corrected chi connectivity index (χ0v) is 18.3. The number of halogens is 3. The predicted octanol–water partition coefficient (Wildman–Crippen LogP) is 2.96. The molecule has 1 aromatic heterocycles. The van der Waals surface area contributed by atoms with Crippen LogP contribution in [-0.4, -0.2) is 51.3 Å². The first-order chi connectivity index (χ1) is 15.6. The van der Waals surface area contributed by atoms with Gasteiger partial charge in [0.25, 0.3) is 0 Å². The van der Waals surface area contributed by atoms with Crippen LogP contribution in [0.25, 0.3) is 0 Å². The lowest BCUT2D eigenvalue weighted by molar-refractivity contribution is -0.192. The molecular weight excluding hydrogens is 441 g/mol. The maximum atomic E-state index is 11.8. The molecule has 1 fully saturated rings. The van der Waals surface area contributed by atoms with Crippen LogP contribution < -0.4 is 10.1 Å². The summed E-state index contributed by atoms with van der Waals surface area (Å²) in [6.45, 7) is 4.22. The van der Waals surface area contributed by atoms with E-state index in [1.807, 2.05) is 12.1 Å². The van der Waals surface area contributed by atoms with Crippen LogP contribution in [0.2, 0.25) is 0 Å². The molecule has 1 aromatic carbocycles. The van der Waals surface area contributed by atoms with E-state index in [0.29, 0.717) is 18.9 Å². The summed E-state index contributed by atoms with van der Waals surface area (Å²) >= 11 is 0. The fourth-order valence-corrected chi connectivity index (χ4v) is 3.42. The Morgan fingerprint density at radius 3 is 2.45 bits per heavy atom. The molecule has 0 radical (unpaired) electrons. The van der Waals surface area contributed by atoms with Crippen LogP contribution in [0.3, 0.4) is 0 Å². The van der Waals surface area contributed by atoms with Gasteiger partial charge in [-0.15, -0.1) is 0 Å². The number of nitrogens with zero attached hydrogens (tertiary/aromatic N) is 3. The van der Waals surface area contributed by atoms with Crippen molar-refractivity contribution in [2.75, 3.05) is 13.7 Å². The van der Waals surface area contributed by atoms with Crippen LogP contribution in [0.1, 0.15) is 36.3 Å². The molecule has 180 valence electrons. The number of carbonyl (C=O) groups is 2. The third-order valence-corrected chi connectivity index (χ3v) is 5.38. The molecule has 8 nitrogen and oxygen atoms in total. The fourth-order valence-electron chi connectivity index (χ4n) is 3.42. The number of carboxylic acids is 1. The Hall–Kier alpha value is -3.08. The van der Waals surface area contributed by atoms with Crippen molar-refractivity contribution in [1.82, 2.24) is 19.8 Å². The number of benzene rings is 1. The Morgan fingerprint density at radius 2 is 1.88 bits per heavy atom. The van der Waals surface area contributed by atoms with Crippen molar-refractivity contribution < 1.29 is 32.6 Å². The maximum Gasteiger partial charge on any atom is 0.490 e. The number of hydrogen-bond donors (Lipinski definition) is 2. The molecule has 0 unspecified atom stereocenters. The molecule has 0 spiro atoms. The number of fused-ring (bicyclic) bond motifs is 1. The average Bonchev–Trinajstić information content (AvgIpc) is 3.48. The number of imidazole rings is 1. The van der Waals surface area contributed by atoms with Crippen LogP contribution in [0.5, 0.6) is 5.75 Å². The molecule has 0 saturated heterocycles. The van der Waals surface area contributed by atoms with Gasteiger partial charge in [-0.05, 0) is 36.5 Å². The van der Waals surface area contributed by atoms with E-state index >= 15 is 0 Å². The van der Waals surface area contributed by atoms with Crippen molar-refractivity contribution in [1.29, 1.82) is 0 Å². The average molecular weight is 468 g/mol. The summed E-state index contributed by atoms with van der Waals surface area (Å²) in [5, 5.41) is 10.1. The van der Waals surface area contributed by atoms with Crippen molar-refractivity contribution in [3.8, 4) is 5.75 Å².